The first kappa shape index (κ1) is 19.3. The van der Waals surface area contributed by atoms with Gasteiger partial charge in [-0.3, -0.25) is 4.79 Å². The second kappa shape index (κ2) is 7.96. The van der Waals surface area contributed by atoms with Crippen molar-refractivity contribution in [3.05, 3.63) is 102 Å². The number of aromatic nitrogens is 4. The van der Waals surface area contributed by atoms with Crippen molar-refractivity contribution in [2.75, 3.05) is 5.32 Å². The van der Waals surface area contributed by atoms with Gasteiger partial charge in [-0.05, 0) is 58.6 Å². The molecule has 0 spiro atoms. The quantitative estimate of drug-likeness (QED) is 0.364. The Hall–Kier alpha value is -4.36. The van der Waals surface area contributed by atoms with E-state index in [2.05, 4.69) is 15.5 Å². The normalized spacial score (nSPS) is 11.2. The minimum Gasteiger partial charge on any atom is -0.322 e. The van der Waals surface area contributed by atoms with E-state index in [1.54, 1.807) is 15.9 Å². The first-order valence-corrected chi connectivity index (χ1v) is 11.3. The van der Waals surface area contributed by atoms with Crippen molar-refractivity contribution < 1.29 is 4.79 Å². The molecule has 0 aliphatic carbocycles. The number of benzene rings is 3. The molecule has 6 aromatic rings. The lowest BCUT2D eigenvalue weighted by Crippen LogP contribution is -2.11. The Balaban J connectivity index is 1.25. The highest BCUT2D eigenvalue weighted by Gasteiger charge is 2.12. The summed E-state index contributed by atoms with van der Waals surface area (Å²) in [6.07, 6.45) is 0. The molecule has 0 bridgehead atoms. The summed E-state index contributed by atoms with van der Waals surface area (Å²) in [6.45, 7) is 0. The number of carbonyl (C=O) groups is 1. The van der Waals surface area contributed by atoms with Crippen molar-refractivity contribution in [3.63, 3.8) is 0 Å². The smallest absolute Gasteiger partial charge is 0.255 e. The molecule has 33 heavy (non-hydrogen) atoms. The van der Waals surface area contributed by atoms with Gasteiger partial charge in [0.2, 0.25) is 0 Å². The predicted molar refractivity (Wildman–Crippen MR) is 131 cm³/mol. The molecular weight excluding hydrogens is 430 g/mol. The van der Waals surface area contributed by atoms with Gasteiger partial charge in [-0.2, -0.15) is 9.61 Å². The highest BCUT2D eigenvalue weighted by atomic mass is 32.1. The van der Waals surface area contributed by atoms with Crippen molar-refractivity contribution in [3.8, 4) is 22.0 Å². The third-order valence-electron chi connectivity index (χ3n) is 5.45. The lowest BCUT2D eigenvalue weighted by atomic mass is 10.1. The van der Waals surface area contributed by atoms with Gasteiger partial charge >= 0.3 is 0 Å². The minimum absolute atomic E-state index is 0.141. The van der Waals surface area contributed by atoms with Gasteiger partial charge in [0.1, 0.15) is 0 Å². The molecule has 0 fully saturated rings. The maximum absolute atomic E-state index is 12.7. The van der Waals surface area contributed by atoms with Crippen LogP contribution in [0.4, 0.5) is 5.69 Å². The van der Waals surface area contributed by atoms with Crippen LogP contribution in [0, 0.1) is 0 Å². The van der Waals surface area contributed by atoms with Gasteiger partial charge < -0.3 is 5.32 Å². The van der Waals surface area contributed by atoms with E-state index in [0.29, 0.717) is 11.2 Å². The van der Waals surface area contributed by atoms with Gasteiger partial charge in [-0.25, -0.2) is 0 Å². The molecule has 0 aliphatic heterocycles. The Morgan fingerprint density at radius 1 is 0.818 bits per heavy atom. The summed E-state index contributed by atoms with van der Waals surface area (Å²) >= 11 is 1.60. The molecule has 0 saturated carbocycles. The molecule has 158 valence electrons. The lowest BCUT2D eigenvalue weighted by Gasteiger charge is -2.08. The predicted octanol–water partition coefficient (Wildman–Crippen LogP) is 5.93. The molecule has 0 atom stereocenters. The number of anilines is 1. The van der Waals surface area contributed by atoms with Crippen molar-refractivity contribution in [1.82, 2.24) is 19.8 Å². The fraction of sp³-hybridized carbons (Fsp3) is 0. The van der Waals surface area contributed by atoms with Crippen LogP contribution in [0.25, 0.3) is 38.4 Å². The molecule has 0 aliphatic rings. The average Bonchev–Trinajstić information content (AvgIpc) is 3.53. The third kappa shape index (κ3) is 3.64. The number of fused-ring (bicyclic) bond motifs is 2. The minimum atomic E-state index is -0.141. The number of carbonyl (C=O) groups excluding carboxylic acids is 1. The Morgan fingerprint density at radius 3 is 2.48 bits per heavy atom. The van der Waals surface area contributed by atoms with Crippen LogP contribution >= 0.6 is 11.3 Å². The van der Waals surface area contributed by atoms with E-state index in [1.807, 2.05) is 96.4 Å². The fourth-order valence-corrected chi connectivity index (χ4v) is 4.45. The molecule has 3 heterocycles. The summed E-state index contributed by atoms with van der Waals surface area (Å²) in [5, 5.41) is 20.4. The summed E-state index contributed by atoms with van der Waals surface area (Å²) in [4.78, 5) is 13.8. The Bertz CT molecular complexity index is 1600. The van der Waals surface area contributed by atoms with Crippen molar-refractivity contribution in [1.29, 1.82) is 0 Å². The molecule has 0 unspecified atom stereocenters. The number of rotatable bonds is 4. The molecule has 7 heteroatoms. The van der Waals surface area contributed by atoms with Crippen LogP contribution in [0.1, 0.15) is 10.4 Å². The zero-order chi connectivity index (χ0) is 22.2. The van der Waals surface area contributed by atoms with Crippen LogP contribution in [0.2, 0.25) is 0 Å². The molecule has 6 nitrogen and oxygen atoms in total. The van der Waals surface area contributed by atoms with E-state index in [0.717, 1.165) is 38.4 Å². The van der Waals surface area contributed by atoms with Gasteiger partial charge in [0.15, 0.2) is 11.5 Å². The van der Waals surface area contributed by atoms with Crippen molar-refractivity contribution in [2.45, 2.75) is 0 Å². The number of amides is 1. The second-order valence-corrected chi connectivity index (χ2v) is 8.53. The summed E-state index contributed by atoms with van der Waals surface area (Å²) in [5.41, 5.74) is 3.78. The van der Waals surface area contributed by atoms with Crippen LogP contribution in [-0.4, -0.2) is 25.7 Å². The summed E-state index contributed by atoms with van der Waals surface area (Å²) < 4.78 is 1.76. The first-order valence-electron chi connectivity index (χ1n) is 10.4. The highest BCUT2D eigenvalue weighted by molar-refractivity contribution is 7.13. The summed E-state index contributed by atoms with van der Waals surface area (Å²) in [5.74, 6) is 0.583. The summed E-state index contributed by atoms with van der Waals surface area (Å²) in [7, 11) is 0. The van der Waals surface area contributed by atoms with Gasteiger partial charge in [0.05, 0.1) is 10.6 Å². The van der Waals surface area contributed by atoms with Gasteiger partial charge in [-0.15, -0.1) is 21.5 Å². The SMILES string of the molecule is O=C(Nc1ccc(-c2ccc3nnc(-c4cccs4)n3n2)cc1)c1ccc2ccccc2c1. The molecule has 1 N–H and O–H groups in total. The number of nitrogens with zero attached hydrogens (tertiary/aromatic N) is 4. The number of thiophene rings is 1. The van der Waals surface area contributed by atoms with Crippen molar-refractivity contribution in [2.24, 2.45) is 0 Å². The molecule has 1 amide bonds. The zero-order valence-corrected chi connectivity index (χ0v) is 18.2. The van der Waals surface area contributed by atoms with Crippen LogP contribution in [0.15, 0.2) is 96.4 Å². The highest BCUT2D eigenvalue weighted by Crippen LogP contribution is 2.25. The molecular formula is C26H17N5OS. The van der Waals surface area contributed by atoms with Crippen LogP contribution in [0.3, 0.4) is 0 Å². The van der Waals surface area contributed by atoms with Crippen LogP contribution in [-0.2, 0) is 0 Å². The molecule has 0 saturated heterocycles. The number of nitrogens with one attached hydrogen (secondary N) is 1. The van der Waals surface area contributed by atoms with E-state index < -0.39 is 0 Å². The van der Waals surface area contributed by atoms with E-state index in [-0.39, 0.29) is 5.91 Å². The van der Waals surface area contributed by atoms with Gasteiger partial charge in [-0.1, -0.05) is 48.5 Å². The van der Waals surface area contributed by atoms with Crippen LogP contribution < -0.4 is 5.32 Å². The van der Waals surface area contributed by atoms with Crippen LogP contribution in [0.5, 0.6) is 0 Å². The van der Waals surface area contributed by atoms with E-state index in [9.17, 15) is 4.79 Å². The largest absolute Gasteiger partial charge is 0.322 e. The average molecular weight is 448 g/mol. The molecule has 3 aromatic carbocycles. The second-order valence-electron chi connectivity index (χ2n) is 7.58. The first-order chi connectivity index (χ1) is 16.2. The number of hydrogen-bond donors (Lipinski definition) is 1. The third-order valence-corrected chi connectivity index (χ3v) is 6.32. The Morgan fingerprint density at radius 2 is 1.67 bits per heavy atom. The van der Waals surface area contributed by atoms with E-state index in [4.69, 9.17) is 5.10 Å². The van der Waals surface area contributed by atoms with Gasteiger partial charge in [0.25, 0.3) is 5.91 Å². The lowest BCUT2D eigenvalue weighted by molar-refractivity contribution is 0.102. The Kier molecular flexibility index (Phi) is 4.66. The topological polar surface area (TPSA) is 72.2 Å². The van der Waals surface area contributed by atoms with E-state index >= 15 is 0 Å². The van der Waals surface area contributed by atoms with E-state index in [1.165, 1.54) is 0 Å². The molecule has 3 aromatic heterocycles. The fourth-order valence-electron chi connectivity index (χ4n) is 3.76. The summed E-state index contributed by atoms with van der Waals surface area (Å²) in [6, 6.07) is 29.2. The maximum Gasteiger partial charge on any atom is 0.255 e. The maximum atomic E-state index is 12.7. The zero-order valence-electron chi connectivity index (χ0n) is 17.3. The standard InChI is InChI=1S/C26H17N5OS/c32-26(20-8-7-17-4-1-2-5-19(17)16-20)27-21-11-9-18(10-12-21)22-13-14-24-28-29-25(31(24)30-22)23-6-3-15-33-23/h1-16H,(H,27,32). The molecule has 6 rings (SSSR count). The molecule has 0 radical (unpaired) electrons. The van der Waals surface area contributed by atoms with Gasteiger partial charge in [0, 0.05) is 16.8 Å². The van der Waals surface area contributed by atoms with Crippen molar-refractivity contribution >= 4 is 39.4 Å². The Labute approximate surface area is 193 Å². The number of hydrogen-bond acceptors (Lipinski definition) is 5. The monoisotopic (exact) mass is 447 g/mol.